The van der Waals surface area contributed by atoms with Crippen molar-refractivity contribution in [3.05, 3.63) is 320 Å². The summed E-state index contributed by atoms with van der Waals surface area (Å²) in [4.78, 5) is 60.8. The van der Waals surface area contributed by atoms with Crippen molar-refractivity contribution in [2.75, 3.05) is 0 Å². The lowest BCUT2D eigenvalue weighted by Gasteiger charge is -2.09. The zero-order chi connectivity index (χ0) is 64.0. The second kappa shape index (κ2) is 28.5. The second-order valence-electron chi connectivity index (χ2n) is 22.2. The Balaban J connectivity index is 0.000000128. The Morgan fingerprint density at radius 1 is 0.160 bits per heavy atom. The second-order valence-corrected chi connectivity index (χ2v) is 22.2. The minimum atomic E-state index is 0.630. The van der Waals surface area contributed by atoms with Gasteiger partial charge in [0.25, 0.3) is 0 Å². The van der Waals surface area contributed by atoms with Gasteiger partial charge in [-0.25, -0.2) is 54.8 Å². The standard InChI is InChI=1S/C27H21N5.2C27H20N4/c1-18-17-19(2)29-24(28-18)22-13-15-23(16-14-22)27-31-25(20-9-5-3-6-10-20)30-26(32-27)21-11-7-4-8-12-21;1-19-17-23(15-16-28-19)22-13-8-14-24(18-22)27-30-25(20-9-4-2-5-10-20)29-26(31-27)21-11-6-3-7-12-21;1-19-12-13-24(18-28-19)20-14-16-23(17-15-20)27-30-25(21-8-4-2-5-9-21)29-26(31-27)22-10-6-3-7-11-22/h3-17H,1-2H3;2*2-18H,1H3. The molecule has 0 saturated heterocycles. The molecule has 0 aliphatic heterocycles. The molecule has 0 amide bonds. The van der Waals surface area contributed by atoms with E-state index in [2.05, 4.69) is 56.3 Å². The van der Waals surface area contributed by atoms with E-state index < -0.39 is 0 Å². The number of nitrogens with zero attached hydrogens (tertiary/aromatic N) is 13. The predicted molar refractivity (Wildman–Crippen MR) is 375 cm³/mol. The Kier molecular flexibility index (Phi) is 18.3. The van der Waals surface area contributed by atoms with Crippen LogP contribution in [0.15, 0.2) is 298 Å². The maximum Gasteiger partial charge on any atom is 0.164 e. The summed E-state index contributed by atoms with van der Waals surface area (Å²) in [7, 11) is 0. The van der Waals surface area contributed by atoms with Crippen LogP contribution in [0, 0.1) is 27.7 Å². The van der Waals surface area contributed by atoms with Crippen LogP contribution in [0.4, 0.5) is 0 Å². The van der Waals surface area contributed by atoms with E-state index in [9.17, 15) is 0 Å². The molecule has 15 aromatic rings. The first-order valence-electron chi connectivity index (χ1n) is 30.8. The topological polar surface area (TPSA) is 168 Å². The molecule has 0 unspecified atom stereocenters. The van der Waals surface area contributed by atoms with Crippen LogP contribution in [-0.4, -0.2) is 64.8 Å². The van der Waals surface area contributed by atoms with Crippen molar-refractivity contribution in [2.45, 2.75) is 27.7 Å². The monoisotopic (exact) mass is 1220 g/mol. The van der Waals surface area contributed by atoms with Crippen LogP contribution in [-0.2, 0) is 0 Å². The molecule has 0 aliphatic rings. The van der Waals surface area contributed by atoms with Gasteiger partial charge in [0.05, 0.1) is 0 Å². The first-order chi connectivity index (χ1) is 46.2. The molecule has 0 radical (unpaired) electrons. The smallest absolute Gasteiger partial charge is 0.164 e. The van der Waals surface area contributed by atoms with E-state index in [1.54, 1.807) is 0 Å². The SMILES string of the molecule is Cc1cc(-c2cccc(-c3nc(-c4ccccc4)nc(-c4ccccc4)n3)c2)ccn1.Cc1cc(C)nc(-c2ccc(-c3nc(-c4ccccc4)nc(-c4ccccc4)n3)cc2)n1.Cc1ccc(-c2ccc(-c3nc(-c4ccccc4)nc(-c4ccccc4)n3)cc2)cn1. The number of rotatable bonds is 12. The maximum atomic E-state index is 4.82. The van der Waals surface area contributed by atoms with E-state index in [1.165, 1.54) is 0 Å². The molecule has 0 atom stereocenters. The third-order valence-corrected chi connectivity index (χ3v) is 15.2. The summed E-state index contributed by atoms with van der Waals surface area (Å²) in [6.07, 6.45) is 3.73. The number of hydrogen-bond acceptors (Lipinski definition) is 13. The van der Waals surface area contributed by atoms with Gasteiger partial charge in [0.15, 0.2) is 58.2 Å². The summed E-state index contributed by atoms with van der Waals surface area (Å²) < 4.78 is 0. The van der Waals surface area contributed by atoms with Gasteiger partial charge < -0.3 is 0 Å². The number of hydrogen-bond donors (Lipinski definition) is 0. The first-order valence-corrected chi connectivity index (χ1v) is 30.8. The van der Waals surface area contributed by atoms with Crippen LogP contribution in [0.25, 0.3) is 136 Å². The van der Waals surface area contributed by atoms with Gasteiger partial charge in [-0.1, -0.05) is 255 Å². The van der Waals surface area contributed by atoms with Crippen LogP contribution in [0.3, 0.4) is 0 Å². The van der Waals surface area contributed by atoms with Gasteiger partial charge in [-0.2, -0.15) is 0 Å². The Morgan fingerprint density at radius 2 is 0.426 bits per heavy atom. The lowest BCUT2D eigenvalue weighted by molar-refractivity contribution is 1.06. The third-order valence-electron chi connectivity index (χ3n) is 15.2. The largest absolute Gasteiger partial charge is 0.262 e. The van der Waals surface area contributed by atoms with Crippen molar-refractivity contribution in [1.29, 1.82) is 0 Å². The summed E-state index contributed by atoms with van der Waals surface area (Å²) >= 11 is 0. The Labute approximate surface area is 546 Å². The minimum Gasteiger partial charge on any atom is -0.262 e. The van der Waals surface area contributed by atoms with Gasteiger partial charge in [0, 0.05) is 96.4 Å². The first kappa shape index (κ1) is 60.3. The molecule has 6 heterocycles. The summed E-state index contributed by atoms with van der Waals surface area (Å²) in [6.45, 7) is 7.95. The fraction of sp³-hybridized carbons (Fsp3) is 0.0494. The Bertz CT molecular complexity index is 4820. The van der Waals surface area contributed by atoms with Crippen molar-refractivity contribution in [2.24, 2.45) is 0 Å². The highest BCUT2D eigenvalue weighted by molar-refractivity contribution is 5.75. The van der Waals surface area contributed by atoms with E-state index >= 15 is 0 Å². The lowest BCUT2D eigenvalue weighted by Crippen LogP contribution is -2.00. The number of aromatic nitrogens is 13. The molecule has 0 N–H and O–H groups in total. The molecule has 94 heavy (non-hydrogen) atoms. The van der Waals surface area contributed by atoms with Crippen molar-refractivity contribution in [3.8, 4) is 136 Å². The summed E-state index contributed by atoms with van der Waals surface area (Å²) in [6, 6.07) is 94.7. The predicted octanol–water partition coefficient (Wildman–Crippen LogP) is 18.4. The molecule has 0 saturated carbocycles. The van der Waals surface area contributed by atoms with Crippen LogP contribution in [0.1, 0.15) is 22.8 Å². The fourth-order valence-electron chi connectivity index (χ4n) is 10.4. The van der Waals surface area contributed by atoms with E-state index in [1.807, 2.05) is 289 Å². The molecule has 13 heteroatoms. The van der Waals surface area contributed by atoms with Gasteiger partial charge in [-0.3, -0.25) is 9.97 Å². The molecule has 0 fully saturated rings. The molecular weight excluding hydrogens is 1150 g/mol. The van der Waals surface area contributed by atoms with Crippen LogP contribution in [0.5, 0.6) is 0 Å². The zero-order valence-electron chi connectivity index (χ0n) is 52.1. The van der Waals surface area contributed by atoms with E-state index in [0.29, 0.717) is 52.4 Å². The van der Waals surface area contributed by atoms with Gasteiger partial charge in [0.2, 0.25) is 0 Å². The van der Waals surface area contributed by atoms with Crippen molar-refractivity contribution in [3.63, 3.8) is 0 Å². The molecular formula is C81H61N13. The average molecular weight is 1220 g/mol. The summed E-state index contributed by atoms with van der Waals surface area (Å²) in [5.41, 5.74) is 17.8. The van der Waals surface area contributed by atoms with Gasteiger partial charge in [0.1, 0.15) is 0 Å². The Hall–Kier alpha value is -12.6. The normalized spacial score (nSPS) is 10.8. The van der Waals surface area contributed by atoms with Crippen molar-refractivity contribution in [1.82, 2.24) is 64.8 Å². The van der Waals surface area contributed by atoms with Gasteiger partial charge in [-0.15, -0.1) is 0 Å². The number of benzene rings is 9. The molecule has 0 spiro atoms. The fourth-order valence-corrected chi connectivity index (χ4v) is 10.4. The van der Waals surface area contributed by atoms with Crippen LogP contribution in [0.2, 0.25) is 0 Å². The minimum absolute atomic E-state index is 0.630. The summed E-state index contributed by atoms with van der Waals surface area (Å²) in [5, 5.41) is 0. The molecule has 13 nitrogen and oxygen atoms in total. The highest BCUT2D eigenvalue weighted by Gasteiger charge is 2.17. The molecule has 450 valence electrons. The molecule has 0 aliphatic carbocycles. The van der Waals surface area contributed by atoms with Crippen LogP contribution >= 0.6 is 0 Å². The highest BCUT2D eigenvalue weighted by Crippen LogP contribution is 2.32. The lowest BCUT2D eigenvalue weighted by atomic mass is 10.0. The van der Waals surface area contributed by atoms with Gasteiger partial charge in [-0.05, 0) is 74.7 Å². The van der Waals surface area contributed by atoms with E-state index in [-0.39, 0.29) is 0 Å². The third kappa shape index (κ3) is 14.8. The molecule has 9 aromatic carbocycles. The molecule has 0 bridgehead atoms. The highest BCUT2D eigenvalue weighted by atomic mass is 15.1. The quantitative estimate of drug-likeness (QED) is 0.113. The van der Waals surface area contributed by atoms with E-state index in [0.717, 1.165) is 106 Å². The maximum absolute atomic E-state index is 4.82. The number of pyridine rings is 2. The Morgan fingerprint density at radius 3 is 0.745 bits per heavy atom. The van der Waals surface area contributed by atoms with Gasteiger partial charge >= 0.3 is 0 Å². The number of aryl methyl sites for hydroxylation is 4. The van der Waals surface area contributed by atoms with Crippen LogP contribution < -0.4 is 0 Å². The average Bonchev–Trinajstić information content (AvgIpc) is 0.961. The molecule has 15 rings (SSSR count). The van der Waals surface area contributed by atoms with Crippen molar-refractivity contribution >= 4 is 0 Å². The molecule has 6 aromatic heterocycles. The van der Waals surface area contributed by atoms with Crippen molar-refractivity contribution < 1.29 is 0 Å². The zero-order valence-corrected chi connectivity index (χ0v) is 52.1. The summed E-state index contributed by atoms with van der Waals surface area (Å²) in [5.74, 6) is 6.61. The van der Waals surface area contributed by atoms with E-state index in [4.69, 9.17) is 44.9 Å².